The Morgan fingerprint density at radius 2 is 1.85 bits per heavy atom. The van der Waals surface area contributed by atoms with Crippen molar-refractivity contribution in [3.8, 4) is 0 Å². The highest BCUT2D eigenvalue weighted by molar-refractivity contribution is 5.93. The van der Waals surface area contributed by atoms with Crippen LogP contribution in [0.15, 0.2) is 53.1 Å². The third-order valence-corrected chi connectivity index (χ3v) is 7.88. The van der Waals surface area contributed by atoms with Crippen molar-refractivity contribution >= 4 is 5.78 Å². The van der Waals surface area contributed by atoms with E-state index >= 15 is 0 Å². The van der Waals surface area contributed by atoms with E-state index in [1.165, 1.54) is 16.7 Å². The van der Waals surface area contributed by atoms with Crippen LogP contribution >= 0.6 is 0 Å². The number of carbonyl (C=O) groups is 1. The van der Waals surface area contributed by atoms with Crippen LogP contribution in [-0.4, -0.2) is 17.0 Å². The molecule has 1 aromatic carbocycles. The average molecular weight is 348 g/mol. The fraction of sp³-hybridized carbons (Fsp3) is 0.542. The van der Waals surface area contributed by atoms with Gasteiger partial charge in [-0.3, -0.25) is 4.79 Å². The smallest absolute Gasteiger partial charge is 0.156 e. The van der Waals surface area contributed by atoms with Gasteiger partial charge in [0.15, 0.2) is 5.78 Å². The number of hydrogen-bond acceptors (Lipinski definition) is 2. The number of carbonyl (C=O) groups excluding carboxylic acids is 1. The van der Waals surface area contributed by atoms with E-state index in [9.17, 15) is 9.90 Å². The van der Waals surface area contributed by atoms with Crippen molar-refractivity contribution in [2.24, 2.45) is 17.3 Å². The Morgan fingerprint density at radius 1 is 1.04 bits per heavy atom. The van der Waals surface area contributed by atoms with Crippen molar-refractivity contribution in [3.63, 3.8) is 0 Å². The molecular weight excluding hydrogens is 320 g/mol. The Bertz CT molecular complexity index is 803. The van der Waals surface area contributed by atoms with Crippen LogP contribution in [0.2, 0.25) is 0 Å². The Hall–Kier alpha value is -1.67. The largest absolute Gasteiger partial charge is 0.393 e. The molecule has 0 aliphatic heterocycles. The molecule has 0 spiro atoms. The van der Waals surface area contributed by atoms with E-state index in [1.54, 1.807) is 5.57 Å². The Balaban J connectivity index is 1.69. The maximum atomic E-state index is 12.0. The number of allylic oxidation sites excluding steroid dienone is 4. The molecule has 1 N–H and O–H groups in total. The van der Waals surface area contributed by atoms with Gasteiger partial charge in [0.05, 0.1) is 6.10 Å². The molecule has 26 heavy (non-hydrogen) atoms. The van der Waals surface area contributed by atoms with Gasteiger partial charge in [-0.1, -0.05) is 42.8 Å². The molecular formula is C24H28O2. The summed E-state index contributed by atoms with van der Waals surface area (Å²) >= 11 is 0. The zero-order valence-corrected chi connectivity index (χ0v) is 15.6. The lowest BCUT2D eigenvalue weighted by Crippen LogP contribution is -2.45. The number of aliphatic hydroxyl groups excluding tert-OH is 1. The van der Waals surface area contributed by atoms with Gasteiger partial charge in [-0.15, -0.1) is 0 Å². The molecule has 4 aliphatic rings. The monoisotopic (exact) mass is 348 g/mol. The predicted molar refractivity (Wildman–Crippen MR) is 103 cm³/mol. The first-order valence-corrected chi connectivity index (χ1v) is 10.3. The Labute approximate surface area is 156 Å². The first-order valence-electron chi connectivity index (χ1n) is 10.3. The zero-order valence-electron chi connectivity index (χ0n) is 15.6. The summed E-state index contributed by atoms with van der Waals surface area (Å²) in [5.41, 5.74) is 5.85. The number of rotatable bonds is 1. The predicted octanol–water partition coefficient (Wildman–Crippen LogP) is 4.95. The van der Waals surface area contributed by atoms with Crippen molar-refractivity contribution in [1.29, 1.82) is 0 Å². The second-order valence-corrected chi connectivity index (χ2v) is 9.09. The van der Waals surface area contributed by atoms with Crippen LogP contribution in [0.25, 0.3) is 0 Å². The lowest BCUT2D eigenvalue weighted by Gasteiger charge is -2.52. The van der Waals surface area contributed by atoms with E-state index in [2.05, 4.69) is 37.3 Å². The lowest BCUT2D eigenvalue weighted by molar-refractivity contribution is -0.114. The van der Waals surface area contributed by atoms with Gasteiger partial charge in [-0.25, -0.2) is 0 Å². The van der Waals surface area contributed by atoms with Crippen LogP contribution in [0.4, 0.5) is 0 Å². The molecule has 2 heteroatoms. The molecule has 0 heterocycles. The van der Waals surface area contributed by atoms with Gasteiger partial charge in [0.1, 0.15) is 0 Å². The van der Waals surface area contributed by atoms with Gasteiger partial charge in [0.25, 0.3) is 0 Å². The minimum absolute atomic E-state index is 0.0287. The number of aliphatic hydroxyl groups is 1. The van der Waals surface area contributed by atoms with E-state index in [0.29, 0.717) is 30.0 Å². The van der Waals surface area contributed by atoms with Gasteiger partial charge in [0.2, 0.25) is 0 Å². The molecule has 2 saturated carbocycles. The SMILES string of the molecule is CC12CC(c3ccccc3)C3=C4CCC(=O)C=C4CCC3C1CCC2O. The number of hydrogen-bond donors (Lipinski definition) is 1. The van der Waals surface area contributed by atoms with Crippen molar-refractivity contribution in [2.75, 3.05) is 0 Å². The average Bonchev–Trinajstić information content (AvgIpc) is 2.96. The Morgan fingerprint density at radius 3 is 2.65 bits per heavy atom. The minimum atomic E-state index is -0.171. The molecule has 1 aromatic rings. The van der Waals surface area contributed by atoms with Crippen molar-refractivity contribution in [2.45, 2.75) is 63.9 Å². The highest BCUT2D eigenvalue weighted by Gasteiger charge is 2.56. The van der Waals surface area contributed by atoms with Gasteiger partial charge in [-0.2, -0.15) is 0 Å². The second kappa shape index (κ2) is 5.92. The van der Waals surface area contributed by atoms with E-state index in [1.807, 2.05) is 6.08 Å². The third-order valence-electron chi connectivity index (χ3n) is 7.88. The summed E-state index contributed by atoms with van der Waals surface area (Å²) in [7, 11) is 0. The second-order valence-electron chi connectivity index (χ2n) is 9.09. The molecule has 136 valence electrons. The zero-order chi connectivity index (χ0) is 17.9. The van der Waals surface area contributed by atoms with Crippen LogP contribution in [0.1, 0.15) is 63.4 Å². The van der Waals surface area contributed by atoms with E-state index < -0.39 is 0 Å². The van der Waals surface area contributed by atoms with Crippen molar-refractivity contribution < 1.29 is 9.90 Å². The fourth-order valence-corrected chi connectivity index (χ4v) is 6.62. The highest BCUT2D eigenvalue weighted by atomic mass is 16.3. The first-order chi connectivity index (χ1) is 12.6. The molecule has 0 amide bonds. The quantitative estimate of drug-likeness (QED) is 0.780. The minimum Gasteiger partial charge on any atom is -0.393 e. The molecule has 5 atom stereocenters. The van der Waals surface area contributed by atoms with Gasteiger partial charge in [-0.05, 0) is 78.6 Å². The van der Waals surface area contributed by atoms with Gasteiger partial charge < -0.3 is 5.11 Å². The number of ketones is 1. The normalized spacial score (nSPS) is 39.2. The van der Waals surface area contributed by atoms with Crippen molar-refractivity contribution in [3.05, 3.63) is 58.7 Å². The van der Waals surface area contributed by atoms with Crippen molar-refractivity contribution in [1.82, 2.24) is 0 Å². The summed E-state index contributed by atoms with van der Waals surface area (Å²) in [4.78, 5) is 12.0. The number of fused-ring (bicyclic) bond motifs is 4. The summed E-state index contributed by atoms with van der Waals surface area (Å²) in [6.45, 7) is 2.34. The highest BCUT2D eigenvalue weighted by Crippen LogP contribution is 2.63. The molecule has 4 aliphatic carbocycles. The van der Waals surface area contributed by atoms with Crippen LogP contribution in [0.5, 0.6) is 0 Å². The molecule has 0 aromatic heterocycles. The lowest BCUT2D eigenvalue weighted by atomic mass is 9.53. The maximum Gasteiger partial charge on any atom is 0.156 e. The van der Waals surface area contributed by atoms with Crippen LogP contribution < -0.4 is 0 Å². The summed E-state index contributed by atoms with van der Waals surface area (Å²) in [6.07, 6.45) is 8.68. The van der Waals surface area contributed by atoms with E-state index in [4.69, 9.17) is 0 Å². The summed E-state index contributed by atoms with van der Waals surface area (Å²) in [5, 5.41) is 10.8. The van der Waals surface area contributed by atoms with Crippen LogP contribution in [0, 0.1) is 17.3 Å². The fourth-order valence-electron chi connectivity index (χ4n) is 6.62. The molecule has 5 rings (SSSR count). The third kappa shape index (κ3) is 2.31. The summed E-state index contributed by atoms with van der Waals surface area (Å²) in [6, 6.07) is 10.9. The maximum absolute atomic E-state index is 12.0. The van der Waals surface area contributed by atoms with Crippen LogP contribution in [-0.2, 0) is 4.79 Å². The number of benzene rings is 1. The van der Waals surface area contributed by atoms with Gasteiger partial charge in [0, 0.05) is 12.3 Å². The molecule has 0 saturated heterocycles. The first kappa shape index (κ1) is 16.5. The van der Waals surface area contributed by atoms with E-state index in [0.717, 1.165) is 38.5 Å². The topological polar surface area (TPSA) is 37.3 Å². The summed E-state index contributed by atoms with van der Waals surface area (Å²) < 4.78 is 0. The molecule has 2 fully saturated rings. The molecule has 0 radical (unpaired) electrons. The molecule has 0 bridgehead atoms. The Kier molecular flexibility index (Phi) is 3.76. The van der Waals surface area contributed by atoms with Crippen LogP contribution in [0.3, 0.4) is 0 Å². The molecule has 2 nitrogen and oxygen atoms in total. The summed E-state index contributed by atoms with van der Waals surface area (Å²) in [5.74, 6) is 1.87. The standard InChI is InChI=1S/C24H28O2/c1-24-14-20(15-5-3-2-4-6-15)23-18-10-8-17(25)13-16(18)7-9-19(23)21(24)11-12-22(24)26/h2-6,13,19-22,26H,7-12,14H2,1H3. The van der Waals surface area contributed by atoms with Gasteiger partial charge >= 0.3 is 0 Å². The molecule has 5 unspecified atom stereocenters. The van der Waals surface area contributed by atoms with E-state index in [-0.39, 0.29) is 11.5 Å².